The summed E-state index contributed by atoms with van der Waals surface area (Å²) in [4.78, 5) is 16.0. The molecule has 1 aromatic carbocycles. The summed E-state index contributed by atoms with van der Waals surface area (Å²) in [6.45, 7) is 3.26. The number of hydrogen-bond donors (Lipinski definition) is 1. The zero-order chi connectivity index (χ0) is 13.8. The number of halogens is 2. The van der Waals surface area contributed by atoms with Crippen LogP contribution < -0.4 is 0 Å². The molecule has 0 radical (unpaired) electrons. The number of carbonyl (C=O) groups is 1. The predicted octanol–water partition coefficient (Wildman–Crippen LogP) is 1.34. The van der Waals surface area contributed by atoms with Crippen molar-refractivity contribution in [2.45, 2.75) is 0 Å². The first kappa shape index (κ1) is 14.4. The highest BCUT2D eigenvalue weighted by Crippen LogP contribution is 2.22. The Balaban J connectivity index is 2.05. The molecule has 6 heteroatoms. The third-order valence-corrected chi connectivity index (χ3v) is 3.91. The smallest absolute Gasteiger partial charge is 0.258 e. The second kappa shape index (κ2) is 6.45. The first-order chi connectivity index (χ1) is 9.13. The molecule has 1 aliphatic rings. The molecule has 1 aromatic rings. The van der Waals surface area contributed by atoms with Gasteiger partial charge in [0.25, 0.3) is 5.91 Å². The number of β-amino-alcohol motifs (C(OH)–C–C–N with tert-alkyl or cyclic N) is 1. The molecule has 1 N–H and O–H groups in total. The number of piperazine rings is 1. The number of aliphatic hydroxyl groups excluding tert-OH is 1. The Hall–Kier alpha value is -0.980. The molecular formula is C13H16BrFN2O2. The normalized spacial score (nSPS) is 16.7. The number of amides is 1. The Bertz CT molecular complexity index is 442. The largest absolute Gasteiger partial charge is 0.395 e. The van der Waals surface area contributed by atoms with Crippen LogP contribution in [-0.2, 0) is 0 Å². The second-order valence-electron chi connectivity index (χ2n) is 4.45. The number of hydrogen-bond acceptors (Lipinski definition) is 3. The van der Waals surface area contributed by atoms with Gasteiger partial charge in [-0.2, -0.15) is 0 Å². The average Bonchev–Trinajstić information content (AvgIpc) is 2.39. The first-order valence-corrected chi connectivity index (χ1v) is 6.99. The molecule has 1 fully saturated rings. The van der Waals surface area contributed by atoms with Crippen LogP contribution in [0.25, 0.3) is 0 Å². The SMILES string of the molecule is O=C(c1c(F)cccc1Br)N1CCN(CCO)CC1. The Morgan fingerprint density at radius 2 is 2.00 bits per heavy atom. The molecule has 0 spiro atoms. The van der Waals surface area contributed by atoms with Crippen molar-refractivity contribution in [1.82, 2.24) is 9.80 Å². The van der Waals surface area contributed by atoms with E-state index in [-0.39, 0.29) is 18.1 Å². The van der Waals surface area contributed by atoms with Crippen LogP contribution in [-0.4, -0.2) is 60.1 Å². The molecule has 0 aliphatic carbocycles. The minimum absolute atomic E-state index is 0.0955. The van der Waals surface area contributed by atoms with Gasteiger partial charge in [0.05, 0.1) is 12.2 Å². The highest BCUT2D eigenvalue weighted by atomic mass is 79.9. The third kappa shape index (κ3) is 3.32. The highest BCUT2D eigenvalue weighted by molar-refractivity contribution is 9.10. The van der Waals surface area contributed by atoms with Gasteiger partial charge >= 0.3 is 0 Å². The van der Waals surface area contributed by atoms with Crippen LogP contribution in [0.1, 0.15) is 10.4 Å². The number of benzene rings is 1. The van der Waals surface area contributed by atoms with Crippen LogP contribution in [0.3, 0.4) is 0 Å². The lowest BCUT2D eigenvalue weighted by atomic mass is 10.1. The summed E-state index contributed by atoms with van der Waals surface area (Å²) in [6.07, 6.45) is 0. The van der Waals surface area contributed by atoms with Crippen LogP contribution in [0.4, 0.5) is 4.39 Å². The summed E-state index contributed by atoms with van der Waals surface area (Å²) < 4.78 is 14.2. The third-order valence-electron chi connectivity index (χ3n) is 3.25. The van der Waals surface area contributed by atoms with Gasteiger partial charge in [-0.05, 0) is 28.1 Å². The second-order valence-corrected chi connectivity index (χ2v) is 5.31. The van der Waals surface area contributed by atoms with E-state index in [0.717, 1.165) is 0 Å². The number of carbonyl (C=O) groups excluding carboxylic acids is 1. The summed E-state index contributed by atoms with van der Waals surface area (Å²) in [7, 11) is 0. The Labute approximate surface area is 119 Å². The van der Waals surface area contributed by atoms with Crippen LogP contribution in [0, 0.1) is 5.82 Å². The fraction of sp³-hybridized carbons (Fsp3) is 0.462. The van der Waals surface area contributed by atoms with Gasteiger partial charge in [0.2, 0.25) is 0 Å². The summed E-state index contributed by atoms with van der Waals surface area (Å²) >= 11 is 3.22. The summed E-state index contributed by atoms with van der Waals surface area (Å²) in [5, 5.41) is 8.87. The Morgan fingerprint density at radius 3 is 2.58 bits per heavy atom. The molecule has 1 amide bonds. The minimum atomic E-state index is -0.503. The summed E-state index contributed by atoms with van der Waals surface area (Å²) in [5.74, 6) is -0.786. The fourth-order valence-corrected chi connectivity index (χ4v) is 2.69. The van der Waals surface area contributed by atoms with Crippen LogP contribution >= 0.6 is 15.9 Å². The van der Waals surface area contributed by atoms with Gasteiger partial charge < -0.3 is 10.0 Å². The Kier molecular flexibility index (Phi) is 4.90. The molecule has 1 heterocycles. The van der Waals surface area contributed by atoms with Gasteiger partial charge in [0, 0.05) is 37.2 Å². The predicted molar refractivity (Wildman–Crippen MR) is 73.5 cm³/mol. The van der Waals surface area contributed by atoms with Gasteiger partial charge in [0.15, 0.2) is 0 Å². The van der Waals surface area contributed by atoms with Crippen LogP contribution in [0.15, 0.2) is 22.7 Å². The van der Waals surface area contributed by atoms with E-state index in [1.54, 1.807) is 17.0 Å². The number of rotatable bonds is 3. The van der Waals surface area contributed by atoms with Crippen molar-refractivity contribution in [2.24, 2.45) is 0 Å². The highest BCUT2D eigenvalue weighted by Gasteiger charge is 2.25. The van der Waals surface area contributed by atoms with Gasteiger partial charge in [-0.3, -0.25) is 9.69 Å². The van der Waals surface area contributed by atoms with E-state index in [9.17, 15) is 9.18 Å². The van der Waals surface area contributed by atoms with Crippen molar-refractivity contribution in [1.29, 1.82) is 0 Å². The lowest BCUT2D eigenvalue weighted by Gasteiger charge is -2.34. The van der Waals surface area contributed by atoms with Gasteiger partial charge in [0.1, 0.15) is 5.82 Å². The van der Waals surface area contributed by atoms with E-state index in [1.165, 1.54) is 6.07 Å². The number of nitrogens with zero attached hydrogens (tertiary/aromatic N) is 2. The molecule has 0 saturated carbocycles. The minimum Gasteiger partial charge on any atom is -0.395 e. The van der Waals surface area contributed by atoms with Gasteiger partial charge in [-0.15, -0.1) is 0 Å². The molecular weight excluding hydrogens is 315 g/mol. The molecule has 0 unspecified atom stereocenters. The maximum atomic E-state index is 13.7. The zero-order valence-corrected chi connectivity index (χ0v) is 12.1. The van der Waals surface area contributed by atoms with Crippen molar-refractivity contribution < 1.29 is 14.3 Å². The molecule has 104 valence electrons. The zero-order valence-electron chi connectivity index (χ0n) is 10.5. The monoisotopic (exact) mass is 330 g/mol. The lowest BCUT2D eigenvalue weighted by molar-refractivity contribution is 0.0609. The van der Waals surface area contributed by atoms with Crippen molar-refractivity contribution in [3.8, 4) is 0 Å². The van der Waals surface area contributed by atoms with E-state index >= 15 is 0 Å². The molecule has 0 bridgehead atoms. The molecule has 0 atom stereocenters. The van der Waals surface area contributed by atoms with Crippen LogP contribution in [0.5, 0.6) is 0 Å². The molecule has 2 rings (SSSR count). The maximum absolute atomic E-state index is 13.7. The Morgan fingerprint density at radius 1 is 1.32 bits per heavy atom. The van der Waals surface area contributed by atoms with Crippen molar-refractivity contribution in [2.75, 3.05) is 39.3 Å². The van der Waals surface area contributed by atoms with E-state index in [0.29, 0.717) is 37.2 Å². The molecule has 0 aromatic heterocycles. The van der Waals surface area contributed by atoms with E-state index < -0.39 is 5.82 Å². The average molecular weight is 331 g/mol. The molecule has 1 saturated heterocycles. The van der Waals surface area contributed by atoms with E-state index in [1.807, 2.05) is 0 Å². The standard InChI is InChI=1S/C13H16BrFN2O2/c14-10-2-1-3-11(15)12(10)13(19)17-6-4-16(5-7-17)8-9-18/h1-3,18H,4-9H2. The van der Waals surface area contributed by atoms with E-state index in [2.05, 4.69) is 20.8 Å². The topological polar surface area (TPSA) is 43.8 Å². The van der Waals surface area contributed by atoms with E-state index in [4.69, 9.17) is 5.11 Å². The van der Waals surface area contributed by atoms with Gasteiger partial charge in [-0.1, -0.05) is 6.07 Å². The molecule has 1 aliphatic heterocycles. The lowest BCUT2D eigenvalue weighted by Crippen LogP contribution is -2.49. The summed E-state index contributed by atoms with van der Waals surface area (Å²) in [6, 6.07) is 4.52. The molecule has 4 nitrogen and oxygen atoms in total. The number of aliphatic hydroxyl groups is 1. The van der Waals surface area contributed by atoms with Gasteiger partial charge in [-0.25, -0.2) is 4.39 Å². The summed E-state index contributed by atoms with van der Waals surface area (Å²) in [5.41, 5.74) is 0.0955. The molecule has 19 heavy (non-hydrogen) atoms. The van der Waals surface area contributed by atoms with Crippen LogP contribution in [0.2, 0.25) is 0 Å². The fourth-order valence-electron chi connectivity index (χ4n) is 2.18. The van der Waals surface area contributed by atoms with Crippen molar-refractivity contribution >= 4 is 21.8 Å². The quantitative estimate of drug-likeness (QED) is 0.909. The van der Waals surface area contributed by atoms with Crippen molar-refractivity contribution in [3.63, 3.8) is 0 Å². The van der Waals surface area contributed by atoms with Crippen molar-refractivity contribution in [3.05, 3.63) is 34.1 Å². The first-order valence-electron chi connectivity index (χ1n) is 6.20. The maximum Gasteiger partial charge on any atom is 0.258 e.